The lowest BCUT2D eigenvalue weighted by atomic mass is 9.78. The summed E-state index contributed by atoms with van der Waals surface area (Å²) in [5.41, 5.74) is 6.27. The van der Waals surface area contributed by atoms with Crippen molar-refractivity contribution in [2.24, 2.45) is 24.6 Å². The maximum Gasteiger partial charge on any atom is 0.330 e. The van der Waals surface area contributed by atoms with E-state index in [-0.39, 0.29) is 16.7 Å². The van der Waals surface area contributed by atoms with Crippen LogP contribution in [-0.4, -0.2) is 33.8 Å². The van der Waals surface area contributed by atoms with Gasteiger partial charge >= 0.3 is 5.69 Å². The number of aromatic nitrogens is 2. The fourth-order valence-electron chi connectivity index (χ4n) is 3.51. The van der Waals surface area contributed by atoms with Gasteiger partial charge in [-0.1, -0.05) is 6.42 Å². The molecule has 0 amide bonds. The van der Waals surface area contributed by atoms with Crippen molar-refractivity contribution in [1.29, 1.82) is 0 Å². The number of rotatable bonds is 2. The van der Waals surface area contributed by atoms with Crippen molar-refractivity contribution in [3.05, 3.63) is 16.3 Å². The number of hydrogen-bond acceptors (Lipinski definition) is 5. The normalized spacial score (nSPS) is 30.4. The van der Waals surface area contributed by atoms with Gasteiger partial charge in [-0.15, -0.1) is 5.10 Å². The van der Waals surface area contributed by atoms with E-state index in [0.717, 1.165) is 19.5 Å². The molecule has 19 heavy (non-hydrogen) atoms. The maximum atomic E-state index is 11.1. The summed E-state index contributed by atoms with van der Waals surface area (Å²) < 4.78 is 1.51. The average molecular weight is 265 g/mol. The molecule has 3 unspecified atom stereocenters. The Balaban J connectivity index is 1.86. The molecule has 0 spiro atoms. The highest BCUT2D eigenvalue weighted by molar-refractivity contribution is 5.57. The lowest BCUT2D eigenvalue weighted by Gasteiger charge is -2.29. The van der Waals surface area contributed by atoms with Crippen LogP contribution in [0.2, 0.25) is 0 Å². The Labute approximate surface area is 111 Å². The van der Waals surface area contributed by atoms with Gasteiger partial charge in [-0.25, -0.2) is 0 Å². The van der Waals surface area contributed by atoms with Gasteiger partial charge in [-0.05, 0) is 24.7 Å². The third kappa shape index (κ3) is 2.07. The van der Waals surface area contributed by atoms with E-state index in [1.165, 1.54) is 23.7 Å². The molecular weight excluding hydrogens is 246 g/mol. The van der Waals surface area contributed by atoms with Gasteiger partial charge in [0.1, 0.15) is 6.20 Å². The van der Waals surface area contributed by atoms with Gasteiger partial charge in [0.2, 0.25) is 5.82 Å². The second kappa shape index (κ2) is 4.48. The Morgan fingerprint density at radius 1 is 1.47 bits per heavy atom. The van der Waals surface area contributed by atoms with Gasteiger partial charge < -0.3 is 10.6 Å². The van der Waals surface area contributed by atoms with Crippen LogP contribution in [0.3, 0.4) is 0 Å². The highest BCUT2D eigenvalue weighted by Crippen LogP contribution is 2.39. The average Bonchev–Trinajstić information content (AvgIpc) is 2.93. The van der Waals surface area contributed by atoms with Crippen molar-refractivity contribution in [3.8, 4) is 0 Å². The van der Waals surface area contributed by atoms with Gasteiger partial charge in [-0.2, -0.15) is 0 Å². The Bertz CT molecular complexity index is 500. The van der Waals surface area contributed by atoms with Crippen LogP contribution in [-0.2, 0) is 7.05 Å². The topological polar surface area (TPSA) is 90.2 Å². The Hall–Kier alpha value is -1.63. The van der Waals surface area contributed by atoms with Gasteiger partial charge in [-0.3, -0.25) is 14.8 Å². The van der Waals surface area contributed by atoms with Crippen molar-refractivity contribution < 1.29 is 4.92 Å². The molecule has 3 rings (SSSR count). The first kappa shape index (κ1) is 12.4. The number of nitrogens with two attached hydrogens (primary N) is 1. The van der Waals surface area contributed by atoms with Crippen LogP contribution < -0.4 is 10.6 Å². The zero-order chi connectivity index (χ0) is 13.6. The maximum absolute atomic E-state index is 11.1. The molecule has 2 aliphatic rings. The molecular formula is C12H19N5O2. The smallest absolute Gasteiger partial charge is 0.330 e. The van der Waals surface area contributed by atoms with E-state index in [4.69, 9.17) is 5.73 Å². The van der Waals surface area contributed by atoms with Crippen molar-refractivity contribution in [2.45, 2.75) is 25.3 Å². The summed E-state index contributed by atoms with van der Waals surface area (Å²) in [5, 5.41) is 15.3. The highest BCUT2D eigenvalue weighted by atomic mass is 16.6. The van der Waals surface area contributed by atoms with Gasteiger partial charge in [0.25, 0.3) is 0 Å². The van der Waals surface area contributed by atoms with Crippen LogP contribution in [0, 0.1) is 22.0 Å². The first-order valence-corrected chi connectivity index (χ1v) is 6.75. The van der Waals surface area contributed by atoms with E-state index in [2.05, 4.69) is 5.10 Å². The lowest BCUT2D eigenvalue weighted by molar-refractivity contribution is -0.384. The zero-order valence-corrected chi connectivity index (χ0v) is 11.0. The van der Waals surface area contributed by atoms with Crippen LogP contribution in [0.4, 0.5) is 11.5 Å². The fourth-order valence-corrected chi connectivity index (χ4v) is 3.51. The Morgan fingerprint density at radius 2 is 2.26 bits per heavy atom. The Morgan fingerprint density at radius 3 is 2.95 bits per heavy atom. The van der Waals surface area contributed by atoms with Gasteiger partial charge in [0.05, 0.1) is 4.92 Å². The van der Waals surface area contributed by atoms with Crippen molar-refractivity contribution in [3.63, 3.8) is 0 Å². The second-order valence-electron chi connectivity index (χ2n) is 5.69. The molecule has 2 heterocycles. The number of fused-ring (bicyclic) bond motifs is 1. The molecule has 3 atom stereocenters. The molecule has 2 N–H and O–H groups in total. The molecule has 1 aliphatic carbocycles. The van der Waals surface area contributed by atoms with Crippen LogP contribution in [0.1, 0.15) is 19.3 Å². The molecule has 1 aromatic rings. The summed E-state index contributed by atoms with van der Waals surface area (Å²) in [6.07, 6.45) is 4.88. The molecule has 1 saturated heterocycles. The number of aryl methyl sites for hydroxylation is 1. The molecule has 2 fully saturated rings. The van der Waals surface area contributed by atoms with Crippen LogP contribution >= 0.6 is 0 Å². The first-order valence-electron chi connectivity index (χ1n) is 6.75. The van der Waals surface area contributed by atoms with Crippen LogP contribution in [0.5, 0.6) is 0 Å². The predicted molar refractivity (Wildman–Crippen MR) is 70.9 cm³/mol. The number of hydrogen-bond donors (Lipinski definition) is 1. The van der Waals surface area contributed by atoms with Crippen LogP contribution in [0.15, 0.2) is 6.20 Å². The minimum Gasteiger partial charge on any atom is -0.349 e. The zero-order valence-electron chi connectivity index (χ0n) is 11.0. The third-order valence-electron chi connectivity index (χ3n) is 4.44. The minimum absolute atomic E-state index is 0.0923. The quantitative estimate of drug-likeness (QED) is 0.633. The summed E-state index contributed by atoms with van der Waals surface area (Å²) in [5.74, 6) is 1.51. The van der Waals surface area contributed by atoms with E-state index in [1.807, 2.05) is 4.90 Å². The number of nitro groups is 1. The molecule has 7 nitrogen and oxygen atoms in total. The second-order valence-corrected chi connectivity index (χ2v) is 5.69. The van der Waals surface area contributed by atoms with Gasteiger partial charge in [0.15, 0.2) is 0 Å². The molecule has 0 radical (unpaired) electrons. The molecule has 7 heteroatoms. The highest BCUT2D eigenvalue weighted by Gasteiger charge is 2.41. The van der Waals surface area contributed by atoms with Gasteiger partial charge in [0, 0.05) is 26.2 Å². The largest absolute Gasteiger partial charge is 0.349 e. The monoisotopic (exact) mass is 265 g/mol. The third-order valence-corrected chi connectivity index (χ3v) is 4.44. The summed E-state index contributed by atoms with van der Waals surface area (Å²) in [6.45, 7) is 1.64. The summed E-state index contributed by atoms with van der Waals surface area (Å²) >= 11 is 0. The molecule has 1 aromatic heterocycles. The summed E-state index contributed by atoms with van der Waals surface area (Å²) in [6, 6.07) is 0.228. The number of nitrogens with zero attached hydrogens (tertiary/aromatic N) is 4. The van der Waals surface area contributed by atoms with E-state index in [1.54, 1.807) is 7.05 Å². The SMILES string of the molecule is Cn1cc([N+](=O)[O-])c(N2CC3CCCC(N)C3C2)n1. The van der Waals surface area contributed by atoms with Crippen molar-refractivity contribution in [2.75, 3.05) is 18.0 Å². The predicted octanol–water partition coefficient (Wildman–Crippen LogP) is 0.892. The molecule has 1 aliphatic heterocycles. The lowest BCUT2D eigenvalue weighted by Crippen LogP contribution is -2.38. The van der Waals surface area contributed by atoms with E-state index in [0.29, 0.717) is 17.7 Å². The van der Waals surface area contributed by atoms with Crippen molar-refractivity contribution >= 4 is 11.5 Å². The molecule has 0 bridgehead atoms. The van der Waals surface area contributed by atoms with E-state index < -0.39 is 0 Å². The standard InChI is InChI=1S/C12H19N5O2/c1-15-7-11(17(18)19)12(14-15)16-5-8-3-2-4-10(13)9(8)6-16/h7-10H,2-6,13H2,1H3. The van der Waals surface area contributed by atoms with Crippen LogP contribution in [0.25, 0.3) is 0 Å². The van der Waals surface area contributed by atoms with E-state index >= 15 is 0 Å². The minimum atomic E-state index is -0.357. The van der Waals surface area contributed by atoms with E-state index in [9.17, 15) is 10.1 Å². The fraction of sp³-hybridized carbons (Fsp3) is 0.750. The first-order chi connectivity index (χ1) is 9.06. The molecule has 1 saturated carbocycles. The number of anilines is 1. The molecule has 104 valence electrons. The Kier molecular flexibility index (Phi) is 2.93. The summed E-state index contributed by atoms with van der Waals surface area (Å²) in [4.78, 5) is 12.8. The van der Waals surface area contributed by atoms with Crippen molar-refractivity contribution in [1.82, 2.24) is 9.78 Å². The molecule has 0 aromatic carbocycles. The summed E-state index contributed by atoms with van der Waals surface area (Å²) in [7, 11) is 1.71.